The molecule has 0 saturated heterocycles. The lowest BCUT2D eigenvalue weighted by atomic mass is 9.95. The maximum atomic E-state index is 13.4. The number of carbonyl (C=O) groups excluding carboxylic acids is 1. The van der Waals surface area contributed by atoms with Gasteiger partial charge in [0.1, 0.15) is 0 Å². The second-order valence-electron chi connectivity index (χ2n) is 6.42. The predicted octanol–water partition coefficient (Wildman–Crippen LogP) is 6.41. The van der Waals surface area contributed by atoms with Gasteiger partial charge >= 0.3 is 6.18 Å². The Morgan fingerprint density at radius 3 is 2.62 bits per heavy atom. The first-order valence-corrected chi connectivity index (χ1v) is 9.66. The van der Waals surface area contributed by atoms with Crippen molar-refractivity contribution < 1.29 is 18.0 Å². The number of nitrogens with zero attached hydrogens (tertiary/aromatic N) is 1. The topological polar surface area (TPSA) is 42.0 Å². The zero-order valence-electron chi connectivity index (χ0n) is 15.0. The Bertz CT molecular complexity index is 1170. The van der Waals surface area contributed by atoms with E-state index in [1.54, 1.807) is 29.5 Å². The molecule has 0 saturated carbocycles. The zero-order valence-corrected chi connectivity index (χ0v) is 15.8. The monoisotopic (exact) mass is 412 g/mol. The van der Waals surface area contributed by atoms with Gasteiger partial charge in [0, 0.05) is 39.8 Å². The van der Waals surface area contributed by atoms with Gasteiger partial charge in [0.15, 0.2) is 6.29 Å². The summed E-state index contributed by atoms with van der Waals surface area (Å²) in [7, 11) is 0. The number of benzene rings is 2. The summed E-state index contributed by atoms with van der Waals surface area (Å²) in [4.78, 5) is 16.7. The van der Waals surface area contributed by atoms with Crippen LogP contribution in [0.2, 0.25) is 0 Å². The highest BCUT2D eigenvalue weighted by Gasteiger charge is 2.33. The molecule has 1 N–H and O–H groups in total. The highest BCUT2D eigenvalue weighted by molar-refractivity contribution is 7.09. The van der Waals surface area contributed by atoms with Crippen molar-refractivity contribution in [3.8, 4) is 11.1 Å². The van der Waals surface area contributed by atoms with Gasteiger partial charge in [0.2, 0.25) is 0 Å². The molecule has 0 atom stereocenters. The molecule has 0 aliphatic carbocycles. The van der Waals surface area contributed by atoms with Crippen molar-refractivity contribution in [2.75, 3.05) is 5.32 Å². The SMILES string of the molecule is O=Cc1cnc2c(C(F)(F)F)cccc2c1-c1cccc(NCc2cccs2)c1. The molecule has 146 valence electrons. The molecule has 2 aromatic heterocycles. The van der Waals surface area contributed by atoms with Gasteiger partial charge in [-0.15, -0.1) is 11.3 Å². The van der Waals surface area contributed by atoms with E-state index in [1.807, 2.05) is 29.6 Å². The number of aldehydes is 1. The second-order valence-corrected chi connectivity index (χ2v) is 7.45. The molecular weight excluding hydrogens is 397 g/mol. The predicted molar refractivity (Wildman–Crippen MR) is 109 cm³/mol. The van der Waals surface area contributed by atoms with Gasteiger partial charge in [-0.3, -0.25) is 9.78 Å². The molecule has 0 unspecified atom stereocenters. The van der Waals surface area contributed by atoms with Crippen LogP contribution in [0.15, 0.2) is 66.2 Å². The number of pyridine rings is 1. The third-order valence-corrected chi connectivity index (χ3v) is 5.43. The fraction of sp³-hybridized carbons (Fsp3) is 0.0909. The normalized spacial score (nSPS) is 11.6. The van der Waals surface area contributed by atoms with Crippen molar-refractivity contribution >= 4 is 34.2 Å². The number of hydrogen-bond acceptors (Lipinski definition) is 4. The average molecular weight is 412 g/mol. The fourth-order valence-corrected chi connectivity index (χ4v) is 3.91. The standard InChI is InChI=1S/C22H15F3N2OS/c23-22(24,25)19-8-2-7-18-20(15(13-28)11-27-21(18)19)14-4-1-5-16(10-14)26-12-17-6-3-9-29-17/h1-11,13,26H,12H2. The quantitative estimate of drug-likeness (QED) is 0.385. The Labute approximate surface area is 168 Å². The molecule has 0 aliphatic rings. The summed E-state index contributed by atoms with van der Waals surface area (Å²) in [5.74, 6) is 0. The van der Waals surface area contributed by atoms with E-state index in [9.17, 15) is 18.0 Å². The van der Waals surface area contributed by atoms with Crippen molar-refractivity contribution in [1.82, 2.24) is 4.98 Å². The van der Waals surface area contributed by atoms with Gasteiger partial charge in [-0.1, -0.05) is 30.3 Å². The summed E-state index contributed by atoms with van der Waals surface area (Å²) >= 11 is 1.63. The van der Waals surface area contributed by atoms with Gasteiger partial charge in [-0.2, -0.15) is 13.2 Å². The molecule has 4 rings (SSSR count). The summed E-state index contributed by atoms with van der Waals surface area (Å²) in [5, 5.41) is 5.59. The first-order valence-electron chi connectivity index (χ1n) is 8.78. The lowest BCUT2D eigenvalue weighted by Gasteiger charge is -2.15. The zero-order chi connectivity index (χ0) is 20.4. The largest absolute Gasteiger partial charge is 0.418 e. The van der Waals surface area contributed by atoms with Crippen molar-refractivity contribution in [2.24, 2.45) is 0 Å². The van der Waals surface area contributed by atoms with Crippen LogP contribution in [0, 0.1) is 0 Å². The van der Waals surface area contributed by atoms with Crippen LogP contribution < -0.4 is 5.32 Å². The third-order valence-electron chi connectivity index (χ3n) is 4.56. The molecule has 0 spiro atoms. The molecular formula is C22H15F3N2OS. The molecule has 4 aromatic rings. The van der Waals surface area contributed by atoms with Crippen molar-refractivity contribution in [2.45, 2.75) is 12.7 Å². The van der Waals surface area contributed by atoms with Crippen LogP contribution in [0.5, 0.6) is 0 Å². The van der Waals surface area contributed by atoms with Crippen LogP contribution in [0.4, 0.5) is 18.9 Å². The molecule has 2 aromatic carbocycles. The van der Waals surface area contributed by atoms with Gasteiger partial charge in [-0.05, 0) is 35.2 Å². The minimum Gasteiger partial charge on any atom is -0.380 e. The molecule has 0 bridgehead atoms. The third kappa shape index (κ3) is 3.86. The van der Waals surface area contributed by atoms with E-state index in [0.29, 0.717) is 29.3 Å². The highest BCUT2D eigenvalue weighted by atomic mass is 32.1. The van der Waals surface area contributed by atoms with E-state index in [4.69, 9.17) is 0 Å². The minimum atomic E-state index is -4.53. The van der Waals surface area contributed by atoms with Crippen molar-refractivity contribution in [3.63, 3.8) is 0 Å². The Morgan fingerprint density at radius 1 is 1.07 bits per heavy atom. The van der Waals surface area contributed by atoms with Crippen LogP contribution in [-0.2, 0) is 12.7 Å². The Kier molecular flexibility index (Phi) is 5.07. The summed E-state index contributed by atoms with van der Waals surface area (Å²) in [6.45, 7) is 0.636. The summed E-state index contributed by atoms with van der Waals surface area (Å²) in [5.41, 5.74) is 1.15. The number of para-hydroxylation sites is 1. The molecule has 29 heavy (non-hydrogen) atoms. The number of carbonyl (C=O) groups is 1. The number of halogens is 3. The van der Waals surface area contributed by atoms with E-state index in [1.165, 1.54) is 12.3 Å². The van der Waals surface area contributed by atoms with Crippen molar-refractivity contribution in [1.29, 1.82) is 0 Å². The Balaban J connectivity index is 1.82. The first-order chi connectivity index (χ1) is 14.0. The van der Waals surface area contributed by atoms with E-state index >= 15 is 0 Å². The number of alkyl halides is 3. The lowest BCUT2D eigenvalue weighted by molar-refractivity contribution is -0.136. The van der Waals surface area contributed by atoms with Crippen LogP contribution in [-0.4, -0.2) is 11.3 Å². The second kappa shape index (κ2) is 7.67. The number of hydrogen-bond donors (Lipinski definition) is 1. The highest BCUT2D eigenvalue weighted by Crippen LogP contribution is 2.38. The van der Waals surface area contributed by atoms with E-state index in [-0.39, 0.29) is 11.1 Å². The van der Waals surface area contributed by atoms with Gasteiger partial charge < -0.3 is 5.32 Å². The first kappa shape index (κ1) is 19.1. The smallest absolute Gasteiger partial charge is 0.380 e. The van der Waals surface area contributed by atoms with Crippen LogP contribution in [0.1, 0.15) is 20.8 Å². The van der Waals surface area contributed by atoms with Gasteiger partial charge in [0.05, 0.1) is 11.1 Å². The number of fused-ring (bicyclic) bond motifs is 1. The maximum Gasteiger partial charge on any atom is 0.418 e. The minimum absolute atomic E-state index is 0.169. The molecule has 0 amide bonds. The molecule has 3 nitrogen and oxygen atoms in total. The maximum absolute atomic E-state index is 13.4. The molecule has 0 fully saturated rings. The van der Waals surface area contributed by atoms with Crippen LogP contribution in [0.3, 0.4) is 0 Å². The number of aromatic nitrogens is 1. The average Bonchev–Trinajstić information content (AvgIpc) is 3.24. The van der Waals surface area contributed by atoms with Crippen LogP contribution in [0.25, 0.3) is 22.0 Å². The number of rotatable bonds is 5. The lowest BCUT2D eigenvalue weighted by Crippen LogP contribution is -2.07. The van der Waals surface area contributed by atoms with Crippen LogP contribution >= 0.6 is 11.3 Å². The number of thiophene rings is 1. The number of nitrogens with one attached hydrogen (secondary N) is 1. The Hall–Kier alpha value is -3.19. The summed E-state index contributed by atoms with van der Waals surface area (Å²) in [6.07, 6.45) is -2.71. The summed E-state index contributed by atoms with van der Waals surface area (Å²) in [6, 6.07) is 15.2. The summed E-state index contributed by atoms with van der Waals surface area (Å²) < 4.78 is 40.2. The fourth-order valence-electron chi connectivity index (χ4n) is 3.27. The molecule has 2 heterocycles. The van der Waals surface area contributed by atoms with Crippen molar-refractivity contribution in [3.05, 3.63) is 82.2 Å². The van der Waals surface area contributed by atoms with Gasteiger partial charge in [0.25, 0.3) is 0 Å². The molecule has 0 radical (unpaired) electrons. The molecule has 0 aliphatic heterocycles. The number of anilines is 1. The van der Waals surface area contributed by atoms with E-state index < -0.39 is 11.7 Å². The van der Waals surface area contributed by atoms with Gasteiger partial charge in [-0.25, -0.2) is 0 Å². The molecule has 7 heteroatoms. The Morgan fingerprint density at radius 2 is 1.90 bits per heavy atom. The van der Waals surface area contributed by atoms with E-state index in [2.05, 4.69) is 10.3 Å². The van der Waals surface area contributed by atoms with E-state index in [0.717, 1.165) is 16.6 Å².